The van der Waals surface area contributed by atoms with Crippen LogP contribution in [-0.2, 0) is 26.8 Å². The van der Waals surface area contributed by atoms with Gasteiger partial charge in [0.25, 0.3) is 0 Å². The highest BCUT2D eigenvalue weighted by Crippen LogP contribution is 2.19. The Balaban J connectivity index is 0.00000768. The highest BCUT2D eigenvalue weighted by atomic mass is 35.5. The molecule has 1 aliphatic heterocycles. The molecule has 0 radical (unpaired) electrons. The molecule has 2 heterocycles. The maximum absolute atomic E-state index is 12.9. The lowest BCUT2D eigenvalue weighted by atomic mass is 10.0. The van der Waals surface area contributed by atoms with E-state index < -0.39 is 10.8 Å². The summed E-state index contributed by atoms with van der Waals surface area (Å²) in [5, 5.41) is 0. The van der Waals surface area contributed by atoms with Crippen LogP contribution in [0.4, 0.5) is 0 Å². The third kappa shape index (κ3) is 20.2. The van der Waals surface area contributed by atoms with Crippen LogP contribution < -0.4 is 4.74 Å². The Hall–Kier alpha value is -2.00. The maximum Gasteiger partial charge on any atom is 0.316 e. The minimum absolute atomic E-state index is 0. The summed E-state index contributed by atoms with van der Waals surface area (Å²) in [6, 6.07) is 10.5. The van der Waals surface area contributed by atoms with Crippen molar-refractivity contribution in [1.29, 1.82) is 0 Å². The largest absolute Gasteiger partial charge is 0.457 e. The summed E-state index contributed by atoms with van der Waals surface area (Å²) in [7, 11) is -1.09. The lowest BCUT2D eigenvalue weighted by Crippen LogP contribution is -2.31. The van der Waals surface area contributed by atoms with E-state index in [9.17, 15) is 4.21 Å². The first kappa shape index (κ1) is 41.2. The average Bonchev–Trinajstić information content (AvgIpc) is 3.08. The van der Waals surface area contributed by atoms with Crippen molar-refractivity contribution in [1.82, 2.24) is 14.9 Å². The van der Waals surface area contributed by atoms with Crippen LogP contribution in [0.15, 0.2) is 48.9 Å². The van der Waals surface area contributed by atoms with Gasteiger partial charge in [-0.3, -0.25) is 4.21 Å². The highest BCUT2D eigenvalue weighted by Gasteiger charge is 2.17. The molecule has 2 atom stereocenters. The number of benzene rings is 1. The first-order valence-electron chi connectivity index (χ1n) is 18.2. The van der Waals surface area contributed by atoms with E-state index in [0.29, 0.717) is 43.9 Å². The van der Waals surface area contributed by atoms with E-state index in [1.54, 1.807) is 18.5 Å². The molecule has 0 bridgehead atoms. The zero-order valence-electron chi connectivity index (χ0n) is 29.0. The van der Waals surface area contributed by atoms with Gasteiger partial charge in [-0.15, -0.1) is 12.4 Å². The van der Waals surface area contributed by atoms with Crippen LogP contribution >= 0.6 is 12.4 Å². The lowest BCUT2D eigenvalue weighted by molar-refractivity contribution is 0.0537. The standard InChI is InChI=1S/C38H61N3O4S.ClH/c1-2-3-4-5-6-7-8-9-10-11-12-13-14-15-16-19-28-44-33-37(45-38-39-24-20-25-40-38)34-46(42)31-30-43-29-27-41-26-23-35-21-17-18-22-36(35)32-41;/h17-18,20-26,37H,2-16,19,27-34H2,1H3;1H. The fourth-order valence-corrected chi connectivity index (χ4v) is 6.81. The Morgan fingerprint density at radius 3 is 2.04 bits per heavy atom. The smallest absolute Gasteiger partial charge is 0.316 e. The number of aromatic nitrogens is 2. The Morgan fingerprint density at radius 1 is 0.766 bits per heavy atom. The van der Waals surface area contributed by atoms with Crippen molar-refractivity contribution in [3.8, 4) is 6.01 Å². The van der Waals surface area contributed by atoms with Crippen LogP contribution in [0, 0.1) is 0 Å². The summed E-state index contributed by atoms with van der Waals surface area (Å²) in [5.41, 5.74) is 2.61. The van der Waals surface area contributed by atoms with Crippen molar-refractivity contribution in [3.63, 3.8) is 0 Å². The molecule has 7 nitrogen and oxygen atoms in total. The van der Waals surface area contributed by atoms with Crippen molar-refractivity contribution in [3.05, 3.63) is 60.1 Å². The first-order valence-corrected chi connectivity index (χ1v) is 19.7. The minimum atomic E-state index is -1.09. The first-order chi connectivity index (χ1) is 22.7. The molecule has 1 aromatic heterocycles. The second-order valence-corrected chi connectivity index (χ2v) is 14.2. The number of hydrogen-bond acceptors (Lipinski definition) is 7. The van der Waals surface area contributed by atoms with Crippen molar-refractivity contribution in [2.75, 3.05) is 44.5 Å². The molecule has 9 heteroatoms. The quantitative estimate of drug-likeness (QED) is 0.0788. The van der Waals surface area contributed by atoms with Crippen molar-refractivity contribution < 1.29 is 18.4 Å². The van der Waals surface area contributed by atoms with Gasteiger partial charge in [0.2, 0.25) is 0 Å². The molecular formula is C38H62ClN3O4S. The zero-order valence-corrected chi connectivity index (χ0v) is 30.7. The van der Waals surface area contributed by atoms with E-state index in [2.05, 4.69) is 58.3 Å². The van der Waals surface area contributed by atoms with E-state index in [4.69, 9.17) is 14.2 Å². The minimum Gasteiger partial charge on any atom is -0.457 e. The Morgan fingerprint density at radius 2 is 1.38 bits per heavy atom. The van der Waals surface area contributed by atoms with Crippen LogP contribution in [0.1, 0.15) is 121 Å². The number of rotatable bonds is 29. The molecule has 2 unspecified atom stereocenters. The molecule has 0 fully saturated rings. The molecule has 0 saturated carbocycles. The van der Waals surface area contributed by atoms with E-state index in [1.165, 1.54) is 107 Å². The van der Waals surface area contributed by atoms with Gasteiger partial charge in [0.1, 0.15) is 6.10 Å². The van der Waals surface area contributed by atoms with Crippen molar-refractivity contribution in [2.45, 2.75) is 122 Å². The monoisotopic (exact) mass is 691 g/mol. The fraction of sp³-hybridized carbons (Fsp3) is 0.684. The molecule has 0 N–H and O–H groups in total. The summed E-state index contributed by atoms with van der Waals surface area (Å²) in [6.07, 6.45) is 28.9. The SMILES string of the molecule is CCCCCCCCCCCCCCCCCCOCC(CS(=O)CCOCCN1C=Cc2ccccc2C1)Oc1ncccn1.Cl. The number of halogens is 1. The second-order valence-electron chi connectivity index (χ2n) is 12.6. The molecule has 0 spiro atoms. The number of unbranched alkanes of at least 4 members (excludes halogenated alkanes) is 15. The molecule has 266 valence electrons. The molecule has 3 rings (SSSR count). The predicted molar refractivity (Wildman–Crippen MR) is 199 cm³/mol. The van der Waals surface area contributed by atoms with Crippen molar-refractivity contribution in [2.24, 2.45) is 0 Å². The molecule has 47 heavy (non-hydrogen) atoms. The van der Waals surface area contributed by atoms with Crippen LogP contribution in [0.25, 0.3) is 6.08 Å². The van der Waals surface area contributed by atoms with Gasteiger partial charge in [0.15, 0.2) is 0 Å². The molecule has 1 aliphatic rings. The van der Waals surface area contributed by atoms with Crippen LogP contribution in [0.3, 0.4) is 0 Å². The van der Waals surface area contributed by atoms with Gasteiger partial charge in [-0.2, -0.15) is 0 Å². The Kier molecular flexibility index (Phi) is 24.4. The summed E-state index contributed by atoms with van der Waals surface area (Å²) in [6.45, 7) is 6.11. The van der Waals surface area contributed by atoms with Gasteiger partial charge >= 0.3 is 6.01 Å². The predicted octanol–water partition coefficient (Wildman–Crippen LogP) is 9.18. The van der Waals surface area contributed by atoms with Gasteiger partial charge in [-0.1, -0.05) is 128 Å². The van der Waals surface area contributed by atoms with Gasteiger partial charge < -0.3 is 19.1 Å². The summed E-state index contributed by atoms with van der Waals surface area (Å²) >= 11 is 0. The van der Waals surface area contributed by atoms with E-state index in [0.717, 1.165) is 19.5 Å². The van der Waals surface area contributed by atoms with Crippen LogP contribution in [-0.4, -0.2) is 69.7 Å². The molecule has 0 saturated heterocycles. The molecule has 0 aliphatic carbocycles. The highest BCUT2D eigenvalue weighted by molar-refractivity contribution is 7.85. The van der Waals surface area contributed by atoms with Gasteiger partial charge in [0, 0.05) is 54.8 Å². The Bertz CT molecular complexity index is 1080. The Labute approximate surface area is 294 Å². The fourth-order valence-electron chi connectivity index (χ4n) is 5.76. The molecule has 0 amide bonds. The normalized spacial score (nSPS) is 13.6. The molecule has 2 aromatic rings. The third-order valence-electron chi connectivity index (χ3n) is 8.50. The molecule has 1 aromatic carbocycles. The average molecular weight is 692 g/mol. The van der Waals surface area contributed by atoms with E-state index in [1.807, 2.05) is 0 Å². The lowest BCUT2D eigenvalue weighted by Gasteiger charge is -2.25. The van der Waals surface area contributed by atoms with E-state index >= 15 is 0 Å². The van der Waals surface area contributed by atoms with Crippen LogP contribution in [0.5, 0.6) is 6.01 Å². The van der Waals surface area contributed by atoms with Crippen molar-refractivity contribution >= 4 is 29.3 Å². The number of ether oxygens (including phenoxy) is 3. The third-order valence-corrected chi connectivity index (χ3v) is 9.87. The number of nitrogens with zero attached hydrogens (tertiary/aromatic N) is 3. The summed E-state index contributed by atoms with van der Waals surface area (Å²) < 4.78 is 30.6. The second kappa shape index (κ2) is 27.9. The molecular weight excluding hydrogens is 630 g/mol. The summed E-state index contributed by atoms with van der Waals surface area (Å²) in [5.74, 6) is 0.833. The van der Waals surface area contributed by atoms with Gasteiger partial charge in [-0.05, 0) is 29.7 Å². The van der Waals surface area contributed by atoms with Crippen LogP contribution in [0.2, 0.25) is 0 Å². The topological polar surface area (TPSA) is 73.8 Å². The maximum atomic E-state index is 12.9. The van der Waals surface area contributed by atoms with Gasteiger partial charge in [-0.25, -0.2) is 9.97 Å². The van der Waals surface area contributed by atoms with E-state index in [-0.39, 0.29) is 18.5 Å². The number of hydrogen-bond donors (Lipinski definition) is 0. The summed E-state index contributed by atoms with van der Waals surface area (Å²) in [4.78, 5) is 10.6. The number of fused-ring (bicyclic) bond motifs is 1. The van der Waals surface area contributed by atoms with Gasteiger partial charge in [0.05, 0.1) is 25.6 Å². The zero-order chi connectivity index (χ0) is 32.3.